The lowest BCUT2D eigenvalue weighted by atomic mass is 11.1. The van der Waals surface area contributed by atoms with Crippen molar-refractivity contribution in [2.45, 2.75) is 0 Å². The van der Waals surface area contributed by atoms with Gasteiger partial charge in [0.2, 0.25) is 0 Å². The van der Waals surface area contributed by atoms with Crippen LogP contribution in [-0.2, 0) is 0 Å². The number of fused-ring (bicyclic) bond motifs is 1. The van der Waals surface area contributed by atoms with E-state index in [0.717, 1.165) is 10.8 Å². The van der Waals surface area contributed by atoms with Gasteiger partial charge in [0.1, 0.15) is 5.75 Å². The molecule has 0 atom stereocenters. The molecule has 0 bridgehead atoms. The number of hydrogen-bond donors (Lipinski definition) is 1. The fourth-order valence-electron chi connectivity index (χ4n) is 1.21. The van der Waals surface area contributed by atoms with Crippen molar-refractivity contribution in [3.63, 3.8) is 0 Å². The molecule has 0 fully saturated rings. The molecule has 0 spiro atoms. The summed E-state index contributed by atoms with van der Waals surface area (Å²) in [6.45, 7) is 0. The van der Waals surface area contributed by atoms with Crippen molar-refractivity contribution in [2.75, 3.05) is 0 Å². The predicted octanol–water partition coefficient (Wildman–Crippen LogP) is 2.55. The van der Waals surface area contributed by atoms with Crippen molar-refractivity contribution in [1.82, 2.24) is 0 Å². The zero-order valence-corrected chi connectivity index (χ0v) is 5.99. The summed E-state index contributed by atoms with van der Waals surface area (Å²) >= 11 is 0. The molecule has 0 saturated heterocycles. The van der Waals surface area contributed by atoms with Gasteiger partial charge in [-0.1, -0.05) is 36.4 Å². The Bertz CT molecular complexity index is 374. The van der Waals surface area contributed by atoms with Crippen LogP contribution in [0.2, 0.25) is 0 Å². The normalized spacial score (nSPS) is 10.2. The van der Waals surface area contributed by atoms with Gasteiger partial charge in [0.25, 0.3) is 0 Å². The molecule has 0 heterocycles. The SMILES string of the molecule is O[13c]1[13cH][13cH][13cH][13c]2[13cH][13cH][13cH][13cH][13c]12. The van der Waals surface area contributed by atoms with Gasteiger partial charge in [-0.3, -0.25) is 0 Å². The number of phenols is 1. The molecule has 2 rings (SSSR count). The molecule has 0 aliphatic rings. The average Bonchev–Trinajstić information content (AvgIpc) is 2.06. The Morgan fingerprint density at radius 2 is 1.55 bits per heavy atom. The van der Waals surface area contributed by atoms with E-state index in [2.05, 4.69) is 0 Å². The van der Waals surface area contributed by atoms with Crippen LogP contribution in [0.3, 0.4) is 0 Å². The third-order valence-electron chi connectivity index (χ3n) is 1.77. The van der Waals surface area contributed by atoms with Gasteiger partial charge in [0.05, 0.1) is 0 Å². The van der Waals surface area contributed by atoms with Crippen LogP contribution in [-0.4, -0.2) is 5.11 Å². The maximum absolute atomic E-state index is 9.37. The van der Waals surface area contributed by atoms with Gasteiger partial charge in [-0.2, -0.15) is 0 Å². The van der Waals surface area contributed by atoms with Gasteiger partial charge < -0.3 is 5.11 Å². The number of benzene rings is 2. The zero-order chi connectivity index (χ0) is 7.68. The summed E-state index contributed by atoms with van der Waals surface area (Å²) < 4.78 is 0. The van der Waals surface area contributed by atoms with Crippen molar-refractivity contribution >= 4 is 10.8 Å². The first-order chi connectivity index (χ1) is 5.38. The molecule has 0 unspecified atom stereocenters. The first-order valence-electron chi connectivity index (χ1n) is 3.54. The summed E-state index contributed by atoms with van der Waals surface area (Å²) in [5, 5.41) is 11.4. The minimum atomic E-state index is 0.350. The summed E-state index contributed by atoms with van der Waals surface area (Å²) in [6.07, 6.45) is 0. The van der Waals surface area contributed by atoms with Gasteiger partial charge in [-0.25, -0.2) is 0 Å². The third kappa shape index (κ3) is 0.944. The molecular formula is C10H8O. The highest BCUT2D eigenvalue weighted by Gasteiger charge is 1.94. The van der Waals surface area contributed by atoms with E-state index in [1.165, 1.54) is 0 Å². The maximum atomic E-state index is 9.37. The summed E-state index contributed by atoms with van der Waals surface area (Å²) in [6, 6.07) is 13.3. The van der Waals surface area contributed by atoms with E-state index >= 15 is 0 Å². The summed E-state index contributed by atoms with van der Waals surface area (Å²) in [5.74, 6) is 0.350. The highest BCUT2D eigenvalue weighted by Crippen LogP contribution is 2.22. The molecule has 1 N–H and O–H groups in total. The molecule has 1 nitrogen and oxygen atoms in total. The van der Waals surface area contributed by atoms with Crippen molar-refractivity contribution in [2.24, 2.45) is 0 Å². The van der Waals surface area contributed by atoms with E-state index in [-0.39, 0.29) is 0 Å². The standard InChI is InChI=1S/C10H8O/c11-10-7-3-5-8-4-1-2-6-9(8)10/h1-7,11H/i1+1,2+1,3+1,4+1,5+1,6+1,7+1,8+1,9+1,10+1. The molecule has 2 aromatic rings. The van der Waals surface area contributed by atoms with E-state index in [9.17, 15) is 5.11 Å². The third-order valence-corrected chi connectivity index (χ3v) is 1.77. The minimum absolute atomic E-state index is 0.350. The molecular weight excluding hydrogens is 146 g/mol. The molecule has 0 aromatic heterocycles. The van der Waals surface area contributed by atoms with Crippen LogP contribution < -0.4 is 0 Å². The summed E-state index contributed by atoms with van der Waals surface area (Å²) in [5.41, 5.74) is 0. The second kappa shape index (κ2) is 2.27. The summed E-state index contributed by atoms with van der Waals surface area (Å²) in [4.78, 5) is 0. The van der Waals surface area contributed by atoms with E-state index in [0.29, 0.717) is 5.75 Å². The fraction of sp³-hybridized carbons (Fsp3) is 0. The fourth-order valence-corrected chi connectivity index (χ4v) is 1.21. The Kier molecular flexibility index (Phi) is 1.29. The smallest absolute Gasteiger partial charge is 0.123 e. The van der Waals surface area contributed by atoms with E-state index in [1.54, 1.807) is 6.07 Å². The van der Waals surface area contributed by atoms with Gasteiger partial charge >= 0.3 is 0 Å². The predicted molar refractivity (Wildman–Crippen MR) is 45.6 cm³/mol. The number of phenolic OH excluding ortho intramolecular Hbond substituents is 1. The molecule has 2 aromatic carbocycles. The monoisotopic (exact) mass is 154 g/mol. The second-order valence-electron chi connectivity index (χ2n) is 2.50. The highest BCUT2D eigenvalue weighted by atomic mass is 16.3. The van der Waals surface area contributed by atoms with E-state index in [4.69, 9.17) is 0 Å². The van der Waals surface area contributed by atoms with Crippen LogP contribution in [0.25, 0.3) is 10.8 Å². The first-order valence-corrected chi connectivity index (χ1v) is 3.54. The van der Waals surface area contributed by atoms with Crippen molar-refractivity contribution in [3.8, 4) is 5.75 Å². The molecule has 0 saturated carbocycles. The molecule has 0 radical (unpaired) electrons. The minimum Gasteiger partial charge on any atom is -0.507 e. The van der Waals surface area contributed by atoms with Crippen molar-refractivity contribution < 1.29 is 5.11 Å². The van der Waals surface area contributed by atoms with Crippen LogP contribution in [0.4, 0.5) is 0 Å². The summed E-state index contributed by atoms with van der Waals surface area (Å²) in [7, 11) is 0. The van der Waals surface area contributed by atoms with E-state index < -0.39 is 0 Å². The van der Waals surface area contributed by atoms with Crippen LogP contribution >= 0.6 is 0 Å². The van der Waals surface area contributed by atoms with Crippen LogP contribution in [0, 0.1) is 0 Å². The van der Waals surface area contributed by atoms with Gasteiger partial charge in [-0.05, 0) is 11.5 Å². The lowest BCUT2D eigenvalue weighted by Gasteiger charge is -1.97. The number of rotatable bonds is 0. The maximum Gasteiger partial charge on any atom is 0.123 e. The Hall–Kier alpha value is -1.50. The zero-order valence-electron chi connectivity index (χ0n) is 5.99. The van der Waals surface area contributed by atoms with Crippen LogP contribution in [0.1, 0.15) is 0 Å². The van der Waals surface area contributed by atoms with Gasteiger partial charge in [0, 0.05) is 5.39 Å². The Morgan fingerprint density at radius 1 is 0.818 bits per heavy atom. The molecule has 0 amide bonds. The Morgan fingerprint density at radius 3 is 2.36 bits per heavy atom. The Balaban J connectivity index is 2.91. The second-order valence-corrected chi connectivity index (χ2v) is 2.50. The first kappa shape index (κ1) is 6.23. The van der Waals surface area contributed by atoms with Crippen LogP contribution in [0.5, 0.6) is 5.75 Å². The molecule has 54 valence electrons. The Labute approximate surface area is 64.9 Å². The van der Waals surface area contributed by atoms with Gasteiger partial charge in [-0.15, -0.1) is 0 Å². The number of hydrogen-bond acceptors (Lipinski definition) is 1. The quantitative estimate of drug-likeness (QED) is 0.618. The topological polar surface area (TPSA) is 20.2 Å². The molecule has 0 aliphatic carbocycles. The lowest BCUT2D eigenvalue weighted by Crippen LogP contribution is -1.70. The van der Waals surface area contributed by atoms with E-state index in [1.807, 2.05) is 36.4 Å². The molecule has 11 heavy (non-hydrogen) atoms. The molecule has 0 aliphatic heterocycles. The molecule has 1 heteroatoms. The van der Waals surface area contributed by atoms with Crippen molar-refractivity contribution in [1.29, 1.82) is 0 Å². The average molecular weight is 154 g/mol. The van der Waals surface area contributed by atoms with Gasteiger partial charge in [0.15, 0.2) is 0 Å². The lowest BCUT2D eigenvalue weighted by molar-refractivity contribution is 0.481. The van der Waals surface area contributed by atoms with Crippen LogP contribution in [0.15, 0.2) is 42.5 Å². The van der Waals surface area contributed by atoms with Crippen molar-refractivity contribution in [3.05, 3.63) is 42.5 Å². The largest absolute Gasteiger partial charge is 0.507 e. The number of aromatic hydroxyl groups is 1. The highest BCUT2D eigenvalue weighted by molar-refractivity contribution is 5.87.